The zero-order valence-corrected chi connectivity index (χ0v) is 13.4. The van der Waals surface area contributed by atoms with Gasteiger partial charge in [-0.3, -0.25) is 0 Å². The molecular weight excluding hydrogens is 313 g/mol. The van der Waals surface area contributed by atoms with Crippen LogP contribution in [0, 0.1) is 0 Å². The van der Waals surface area contributed by atoms with E-state index in [1.54, 1.807) is 0 Å². The summed E-state index contributed by atoms with van der Waals surface area (Å²) in [7, 11) is 0. The second-order valence-corrected chi connectivity index (χ2v) is 7.25. The zero-order chi connectivity index (χ0) is 16.1. The second-order valence-electron chi connectivity index (χ2n) is 6.25. The maximum absolute atomic E-state index is 12.8. The Labute approximate surface area is 130 Å². The fourth-order valence-corrected chi connectivity index (χ4v) is 3.78. The summed E-state index contributed by atoms with van der Waals surface area (Å²) < 4.78 is 44.9. The fourth-order valence-electron chi connectivity index (χ4n) is 2.83. The van der Waals surface area contributed by atoms with E-state index in [2.05, 4.69) is 9.88 Å². The van der Waals surface area contributed by atoms with Gasteiger partial charge in [0.05, 0.1) is 27.5 Å². The van der Waals surface area contributed by atoms with Crippen LogP contribution in [0.5, 0.6) is 0 Å². The van der Waals surface area contributed by atoms with Crippen molar-refractivity contribution in [3.05, 3.63) is 23.8 Å². The lowest BCUT2D eigenvalue weighted by atomic mass is 10.1. The van der Waals surface area contributed by atoms with Gasteiger partial charge < -0.3 is 9.64 Å². The summed E-state index contributed by atoms with van der Waals surface area (Å²) in [6, 6.07) is 3.72. The van der Waals surface area contributed by atoms with Crippen LogP contribution in [0.15, 0.2) is 18.2 Å². The average Bonchev–Trinajstić information content (AvgIpc) is 2.77. The molecule has 0 aliphatic carbocycles. The molecule has 0 bridgehead atoms. The number of anilines is 1. The van der Waals surface area contributed by atoms with Crippen LogP contribution in [0.4, 0.5) is 18.3 Å². The maximum atomic E-state index is 12.8. The lowest BCUT2D eigenvalue weighted by Gasteiger charge is -2.41. The van der Waals surface area contributed by atoms with Crippen molar-refractivity contribution in [2.75, 3.05) is 18.0 Å². The van der Waals surface area contributed by atoms with Crippen molar-refractivity contribution in [1.29, 1.82) is 0 Å². The monoisotopic (exact) mass is 330 g/mol. The van der Waals surface area contributed by atoms with E-state index in [-0.39, 0.29) is 11.7 Å². The number of ether oxygens (including phenoxy) is 1. The van der Waals surface area contributed by atoms with Gasteiger partial charge in [0.25, 0.3) is 0 Å². The molecule has 2 heterocycles. The normalized spacial score (nSPS) is 22.3. The third-order valence-electron chi connectivity index (χ3n) is 3.54. The number of hydrogen-bond donors (Lipinski definition) is 0. The Morgan fingerprint density at radius 1 is 1.36 bits per heavy atom. The lowest BCUT2D eigenvalue weighted by molar-refractivity contribution is -0.137. The van der Waals surface area contributed by atoms with E-state index in [1.807, 2.05) is 20.8 Å². The molecule has 1 aliphatic rings. The maximum Gasteiger partial charge on any atom is 0.416 e. The first-order valence-electron chi connectivity index (χ1n) is 7.05. The van der Waals surface area contributed by atoms with Crippen LogP contribution in [-0.2, 0) is 10.9 Å². The molecule has 1 aromatic carbocycles. The van der Waals surface area contributed by atoms with Gasteiger partial charge in [-0.25, -0.2) is 4.98 Å². The molecule has 22 heavy (non-hydrogen) atoms. The van der Waals surface area contributed by atoms with E-state index in [1.165, 1.54) is 17.4 Å². The summed E-state index contributed by atoms with van der Waals surface area (Å²) in [5.74, 6) is 0. The van der Waals surface area contributed by atoms with Crippen molar-refractivity contribution >= 4 is 26.7 Å². The van der Waals surface area contributed by atoms with Crippen LogP contribution in [0.25, 0.3) is 10.2 Å². The van der Waals surface area contributed by atoms with Gasteiger partial charge in [0, 0.05) is 13.1 Å². The molecule has 0 spiro atoms. The van der Waals surface area contributed by atoms with Crippen LogP contribution in [-0.4, -0.2) is 29.8 Å². The van der Waals surface area contributed by atoms with E-state index >= 15 is 0 Å². The molecule has 1 saturated heterocycles. The first-order valence-corrected chi connectivity index (χ1v) is 7.86. The molecule has 1 atom stereocenters. The van der Waals surface area contributed by atoms with E-state index in [9.17, 15) is 13.2 Å². The summed E-state index contributed by atoms with van der Waals surface area (Å²) in [4.78, 5) is 6.49. The minimum Gasteiger partial charge on any atom is -0.369 e. The van der Waals surface area contributed by atoms with Gasteiger partial charge in [-0.05, 0) is 39.0 Å². The molecule has 2 aromatic rings. The summed E-state index contributed by atoms with van der Waals surface area (Å²) in [6.45, 7) is 7.36. The Morgan fingerprint density at radius 2 is 2.09 bits per heavy atom. The number of halogens is 3. The van der Waals surface area contributed by atoms with Crippen molar-refractivity contribution < 1.29 is 17.9 Å². The Kier molecular flexibility index (Phi) is 3.60. The molecule has 0 radical (unpaired) electrons. The highest BCUT2D eigenvalue weighted by Crippen LogP contribution is 2.36. The van der Waals surface area contributed by atoms with E-state index in [0.29, 0.717) is 18.6 Å². The number of rotatable bonds is 1. The SMILES string of the molecule is C[C@@H]1CN(c2nc3cc(C(F)(F)F)ccc3s2)CC(C)(C)O1. The van der Waals surface area contributed by atoms with Crippen molar-refractivity contribution in [2.45, 2.75) is 38.7 Å². The Balaban J connectivity index is 1.95. The first-order chi connectivity index (χ1) is 10.1. The van der Waals surface area contributed by atoms with Crippen molar-refractivity contribution in [3.8, 4) is 0 Å². The van der Waals surface area contributed by atoms with Crippen molar-refractivity contribution in [1.82, 2.24) is 4.98 Å². The van der Waals surface area contributed by atoms with Crippen LogP contribution in [0.2, 0.25) is 0 Å². The lowest BCUT2D eigenvalue weighted by Crippen LogP contribution is -2.52. The standard InChI is InChI=1S/C15H17F3N2OS/c1-9-7-20(8-14(2,3)21-9)13-19-11-6-10(15(16,17)18)4-5-12(11)22-13/h4-6,9H,7-8H2,1-3H3/t9-/m1/s1. The Morgan fingerprint density at radius 3 is 2.73 bits per heavy atom. The molecule has 0 saturated carbocycles. The Bertz CT molecular complexity index is 696. The predicted octanol–water partition coefficient (Wildman–Crippen LogP) is 4.32. The van der Waals surface area contributed by atoms with Crippen LogP contribution in [0.1, 0.15) is 26.3 Å². The van der Waals surface area contributed by atoms with Gasteiger partial charge in [0.1, 0.15) is 0 Å². The largest absolute Gasteiger partial charge is 0.416 e. The molecule has 7 heteroatoms. The van der Waals surface area contributed by atoms with E-state index in [4.69, 9.17) is 4.74 Å². The minimum absolute atomic E-state index is 0.0569. The molecular formula is C15H17F3N2OS. The number of hydrogen-bond acceptors (Lipinski definition) is 4. The quantitative estimate of drug-likeness (QED) is 0.779. The highest BCUT2D eigenvalue weighted by Gasteiger charge is 2.33. The third-order valence-corrected chi connectivity index (χ3v) is 4.64. The van der Waals surface area contributed by atoms with Crippen molar-refractivity contribution in [2.24, 2.45) is 0 Å². The number of aromatic nitrogens is 1. The van der Waals surface area contributed by atoms with Gasteiger partial charge in [0.15, 0.2) is 5.13 Å². The van der Waals surface area contributed by atoms with Crippen molar-refractivity contribution in [3.63, 3.8) is 0 Å². The molecule has 1 aliphatic heterocycles. The van der Waals surface area contributed by atoms with Crippen LogP contribution >= 0.6 is 11.3 Å². The number of alkyl halides is 3. The molecule has 0 N–H and O–H groups in total. The average molecular weight is 330 g/mol. The number of thiazole rings is 1. The molecule has 3 rings (SSSR count). The molecule has 0 unspecified atom stereocenters. The fraction of sp³-hybridized carbons (Fsp3) is 0.533. The second kappa shape index (κ2) is 5.09. The Hall–Kier alpha value is -1.34. The molecule has 1 aromatic heterocycles. The number of morpholine rings is 1. The van der Waals surface area contributed by atoms with Gasteiger partial charge in [-0.15, -0.1) is 0 Å². The molecule has 1 fully saturated rings. The highest BCUT2D eigenvalue weighted by molar-refractivity contribution is 7.22. The predicted molar refractivity (Wildman–Crippen MR) is 81.5 cm³/mol. The molecule has 3 nitrogen and oxygen atoms in total. The third kappa shape index (κ3) is 3.05. The molecule has 120 valence electrons. The van der Waals surface area contributed by atoms with E-state index in [0.717, 1.165) is 22.0 Å². The van der Waals surface area contributed by atoms with Crippen LogP contribution < -0.4 is 4.90 Å². The summed E-state index contributed by atoms with van der Waals surface area (Å²) in [5.41, 5.74) is -0.563. The van der Waals surface area contributed by atoms with Gasteiger partial charge >= 0.3 is 6.18 Å². The number of nitrogens with zero attached hydrogens (tertiary/aromatic N) is 2. The summed E-state index contributed by atoms with van der Waals surface area (Å²) in [5, 5.41) is 0.748. The smallest absolute Gasteiger partial charge is 0.369 e. The number of benzene rings is 1. The van der Waals surface area contributed by atoms with Gasteiger partial charge in [-0.1, -0.05) is 11.3 Å². The van der Waals surface area contributed by atoms with Gasteiger partial charge in [0.2, 0.25) is 0 Å². The minimum atomic E-state index is -4.34. The van der Waals surface area contributed by atoms with Gasteiger partial charge in [-0.2, -0.15) is 13.2 Å². The van der Waals surface area contributed by atoms with Crippen LogP contribution in [0.3, 0.4) is 0 Å². The first kappa shape index (κ1) is 15.6. The summed E-state index contributed by atoms with van der Waals surface area (Å²) >= 11 is 1.42. The summed E-state index contributed by atoms with van der Waals surface area (Å²) in [6.07, 6.45) is -4.28. The molecule has 0 amide bonds. The topological polar surface area (TPSA) is 25.4 Å². The zero-order valence-electron chi connectivity index (χ0n) is 12.6. The number of fused-ring (bicyclic) bond motifs is 1. The highest BCUT2D eigenvalue weighted by atomic mass is 32.1. The van der Waals surface area contributed by atoms with E-state index < -0.39 is 11.7 Å².